The summed E-state index contributed by atoms with van der Waals surface area (Å²) in [5.74, 6) is 0.550. The Balaban J connectivity index is 1.84. The van der Waals surface area contributed by atoms with Crippen molar-refractivity contribution in [2.24, 2.45) is 0 Å². The van der Waals surface area contributed by atoms with Crippen LogP contribution in [0.15, 0.2) is 83.7 Å². The van der Waals surface area contributed by atoms with Crippen molar-refractivity contribution in [3.8, 4) is 5.69 Å². The van der Waals surface area contributed by atoms with Crippen molar-refractivity contribution in [3.05, 3.63) is 101 Å². The number of nitrogens with zero attached hydrogens (tertiary/aromatic N) is 3. The third kappa shape index (κ3) is 4.51. The van der Waals surface area contributed by atoms with Crippen molar-refractivity contribution in [1.82, 2.24) is 14.5 Å². The SMILES string of the molecule is CCC(c1nc2ccccc2c(=O)n1-c1ccccc1)N(CC)C(=O)Nc1cccc(C)c1. The third-order valence-electron chi connectivity index (χ3n) is 5.75. The first-order valence-electron chi connectivity index (χ1n) is 11.2. The van der Waals surface area contributed by atoms with Crippen molar-refractivity contribution >= 4 is 22.6 Å². The van der Waals surface area contributed by atoms with Gasteiger partial charge in [0.05, 0.1) is 22.6 Å². The molecular formula is C27H28N4O2. The summed E-state index contributed by atoms with van der Waals surface area (Å²) < 4.78 is 1.64. The Hall–Kier alpha value is -3.93. The first kappa shape index (κ1) is 22.3. The van der Waals surface area contributed by atoms with E-state index in [0.29, 0.717) is 29.7 Å². The Morgan fingerprint density at radius 1 is 1.00 bits per heavy atom. The molecule has 0 aliphatic carbocycles. The Labute approximate surface area is 193 Å². The highest BCUT2D eigenvalue weighted by Crippen LogP contribution is 2.26. The van der Waals surface area contributed by atoms with Gasteiger partial charge in [0.1, 0.15) is 5.82 Å². The van der Waals surface area contributed by atoms with Gasteiger partial charge in [0.15, 0.2) is 0 Å². The third-order valence-corrected chi connectivity index (χ3v) is 5.75. The highest BCUT2D eigenvalue weighted by molar-refractivity contribution is 5.89. The van der Waals surface area contributed by atoms with Crippen molar-refractivity contribution in [2.75, 3.05) is 11.9 Å². The molecule has 4 rings (SSSR count). The van der Waals surface area contributed by atoms with Crippen molar-refractivity contribution in [1.29, 1.82) is 0 Å². The number of aryl methyl sites for hydroxylation is 1. The maximum absolute atomic E-state index is 13.6. The zero-order valence-electron chi connectivity index (χ0n) is 19.2. The lowest BCUT2D eigenvalue weighted by molar-refractivity contribution is 0.185. The van der Waals surface area contributed by atoms with Gasteiger partial charge in [-0.05, 0) is 62.2 Å². The van der Waals surface area contributed by atoms with Crippen LogP contribution in [0.5, 0.6) is 0 Å². The Kier molecular flexibility index (Phi) is 6.54. The number of rotatable bonds is 6. The summed E-state index contributed by atoms with van der Waals surface area (Å²) >= 11 is 0. The number of aromatic nitrogens is 2. The molecule has 0 saturated heterocycles. The van der Waals surface area contributed by atoms with Crippen LogP contribution in [0.3, 0.4) is 0 Å². The van der Waals surface area contributed by atoms with Gasteiger partial charge in [-0.3, -0.25) is 9.36 Å². The molecule has 6 heteroatoms. The van der Waals surface area contributed by atoms with Gasteiger partial charge in [-0.25, -0.2) is 9.78 Å². The fraction of sp³-hybridized carbons (Fsp3) is 0.222. The molecule has 1 unspecified atom stereocenters. The number of para-hydroxylation sites is 2. The lowest BCUT2D eigenvalue weighted by Gasteiger charge is -2.31. The number of hydrogen-bond donors (Lipinski definition) is 1. The van der Waals surface area contributed by atoms with E-state index in [1.807, 2.05) is 93.6 Å². The molecule has 2 amide bonds. The first-order valence-corrected chi connectivity index (χ1v) is 11.2. The van der Waals surface area contributed by atoms with Crippen LogP contribution in [0.1, 0.15) is 37.7 Å². The molecule has 1 atom stereocenters. The topological polar surface area (TPSA) is 67.2 Å². The summed E-state index contributed by atoms with van der Waals surface area (Å²) in [4.78, 5) is 33.5. The second-order valence-electron chi connectivity index (χ2n) is 7.97. The van der Waals surface area contributed by atoms with Gasteiger partial charge in [-0.1, -0.05) is 49.4 Å². The normalized spacial score (nSPS) is 11.8. The minimum absolute atomic E-state index is 0.143. The summed E-state index contributed by atoms with van der Waals surface area (Å²) in [7, 11) is 0. The summed E-state index contributed by atoms with van der Waals surface area (Å²) in [5, 5.41) is 3.55. The average Bonchev–Trinajstić information content (AvgIpc) is 2.83. The predicted octanol–water partition coefficient (Wildman–Crippen LogP) is 5.70. The number of urea groups is 1. The van der Waals surface area contributed by atoms with E-state index < -0.39 is 6.04 Å². The lowest BCUT2D eigenvalue weighted by atomic mass is 10.1. The Bertz CT molecular complexity index is 1330. The van der Waals surface area contributed by atoms with E-state index in [4.69, 9.17) is 4.98 Å². The minimum Gasteiger partial charge on any atom is -0.315 e. The van der Waals surface area contributed by atoms with Crippen LogP contribution < -0.4 is 10.9 Å². The number of benzene rings is 3. The molecule has 0 aliphatic rings. The van der Waals surface area contributed by atoms with Gasteiger partial charge in [0.2, 0.25) is 0 Å². The molecule has 3 aromatic carbocycles. The molecule has 168 valence electrons. The highest BCUT2D eigenvalue weighted by Gasteiger charge is 2.28. The van der Waals surface area contributed by atoms with Crippen LogP contribution in [-0.4, -0.2) is 27.0 Å². The second kappa shape index (κ2) is 9.69. The van der Waals surface area contributed by atoms with E-state index in [2.05, 4.69) is 5.32 Å². The quantitative estimate of drug-likeness (QED) is 0.418. The zero-order valence-corrected chi connectivity index (χ0v) is 19.2. The maximum atomic E-state index is 13.6. The summed E-state index contributed by atoms with van der Waals surface area (Å²) in [6.07, 6.45) is 0.604. The van der Waals surface area contributed by atoms with Crippen molar-refractivity contribution in [2.45, 2.75) is 33.2 Å². The predicted molar refractivity (Wildman–Crippen MR) is 133 cm³/mol. The van der Waals surface area contributed by atoms with E-state index in [1.54, 1.807) is 15.5 Å². The Morgan fingerprint density at radius 2 is 1.73 bits per heavy atom. The molecule has 1 N–H and O–H groups in total. The first-order chi connectivity index (χ1) is 16.0. The fourth-order valence-electron chi connectivity index (χ4n) is 4.17. The van der Waals surface area contributed by atoms with E-state index in [9.17, 15) is 9.59 Å². The number of fused-ring (bicyclic) bond motifs is 1. The van der Waals surface area contributed by atoms with E-state index >= 15 is 0 Å². The number of anilines is 1. The molecule has 0 aliphatic heterocycles. The smallest absolute Gasteiger partial charge is 0.315 e. The zero-order chi connectivity index (χ0) is 23.4. The van der Waals surface area contributed by atoms with Crippen LogP contribution >= 0.6 is 0 Å². The molecule has 1 aromatic heterocycles. The molecule has 0 spiro atoms. The monoisotopic (exact) mass is 440 g/mol. The molecule has 6 nitrogen and oxygen atoms in total. The summed E-state index contributed by atoms with van der Waals surface area (Å²) in [5.41, 5.74) is 3.01. The summed E-state index contributed by atoms with van der Waals surface area (Å²) in [6, 6.07) is 23.9. The van der Waals surface area contributed by atoms with Gasteiger partial charge in [-0.15, -0.1) is 0 Å². The molecular weight excluding hydrogens is 412 g/mol. The van der Waals surface area contributed by atoms with E-state index in [-0.39, 0.29) is 11.6 Å². The molecule has 0 saturated carbocycles. The number of nitrogens with one attached hydrogen (secondary N) is 1. The van der Waals surface area contributed by atoms with Crippen LogP contribution in [0.2, 0.25) is 0 Å². The van der Waals surface area contributed by atoms with E-state index in [1.165, 1.54) is 0 Å². The van der Waals surface area contributed by atoms with Crippen molar-refractivity contribution < 1.29 is 4.79 Å². The number of carbonyl (C=O) groups excluding carboxylic acids is 1. The van der Waals surface area contributed by atoms with Crippen LogP contribution in [0.4, 0.5) is 10.5 Å². The average molecular weight is 441 g/mol. The van der Waals surface area contributed by atoms with Crippen molar-refractivity contribution in [3.63, 3.8) is 0 Å². The molecule has 33 heavy (non-hydrogen) atoms. The van der Waals surface area contributed by atoms with Crippen LogP contribution in [0, 0.1) is 6.92 Å². The standard InChI is InChI=1S/C27H28N4O2/c1-4-24(30(5-2)27(33)28-20-13-11-12-19(3)18-20)25-29-23-17-10-9-16-22(23)26(32)31(25)21-14-7-6-8-15-21/h6-18,24H,4-5H2,1-3H3,(H,28,33). The molecule has 0 fully saturated rings. The number of hydrogen-bond acceptors (Lipinski definition) is 3. The Morgan fingerprint density at radius 3 is 2.42 bits per heavy atom. The number of amides is 2. The minimum atomic E-state index is -0.391. The maximum Gasteiger partial charge on any atom is 0.322 e. The molecule has 4 aromatic rings. The highest BCUT2D eigenvalue weighted by atomic mass is 16.2. The molecule has 1 heterocycles. The van der Waals surface area contributed by atoms with Gasteiger partial charge in [0, 0.05) is 12.2 Å². The molecule has 0 bridgehead atoms. The van der Waals surface area contributed by atoms with Crippen LogP contribution in [0.25, 0.3) is 16.6 Å². The lowest BCUT2D eigenvalue weighted by Crippen LogP contribution is -2.40. The number of carbonyl (C=O) groups is 1. The largest absolute Gasteiger partial charge is 0.322 e. The van der Waals surface area contributed by atoms with E-state index in [0.717, 1.165) is 16.9 Å². The van der Waals surface area contributed by atoms with Crippen LogP contribution in [-0.2, 0) is 0 Å². The van der Waals surface area contributed by atoms with Gasteiger partial charge in [0.25, 0.3) is 5.56 Å². The van der Waals surface area contributed by atoms with Gasteiger partial charge < -0.3 is 10.2 Å². The fourth-order valence-corrected chi connectivity index (χ4v) is 4.17. The van der Waals surface area contributed by atoms with Gasteiger partial charge in [-0.2, -0.15) is 0 Å². The second-order valence-corrected chi connectivity index (χ2v) is 7.97. The van der Waals surface area contributed by atoms with Gasteiger partial charge >= 0.3 is 6.03 Å². The summed E-state index contributed by atoms with van der Waals surface area (Å²) in [6.45, 7) is 6.39. The molecule has 0 radical (unpaired) electrons.